The lowest BCUT2D eigenvalue weighted by Crippen LogP contribution is -2.31. The highest BCUT2D eigenvalue weighted by molar-refractivity contribution is 5.90. The molecule has 2 aliphatic heterocycles. The van der Waals surface area contributed by atoms with Crippen molar-refractivity contribution >= 4 is 5.97 Å². The maximum Gasteiger partial charge on any atom is 0.334 e. The van der Waals surface area contributed by atoms with Gasteiger partial charge in [-0.3, -0.25) is 0 Å². The molecule has 0 aromatic carbocycles. The highest BCUT2D eigenvalue weighted by atomic mass is 16.5. The van der Waals surface area contributed by atoms with Crippen LogP contribution < -0.4 is 0 Å². The van der Waals surface area contributed by atoms with Crippen LogP contribution in [0.1, 0.15) is 155 Å². The fourth-order valence-corrected chi connectivity index (χ4v) is 6.42. The number of carbonyl (C=O) groups excluding carboxylic acids is 1. The third kappa shape index (κ3) is 16.2. The largest absolute Gasteiger partial charge is 0.455 e. The van der Waals surface area contributed by atoms with Crippen LogP contribution in [-0.4, -0.2) is 80.3 Å². The van der Waals surface area contributed by atoms with E-state index in [0.29, 0.717) is 31.3 Å². The van der Waals surface area contributed by atoms with Crippen molar-refractivity contribution < 1.29 is 39.8 Å². The number of rotatable bonds is 26. The van der Waals surface area contributed by atoms with Crippen LogP contribution in [0.5, 0.6) is 0 Å². The highest BCUT2D eigenvalue weighted by Crippen LogP contribution is 2.28. The Kier molecular flexibility index (Phi) is 19.9. The minimum atomic E-state index is -0.993. The molecule has 1 fully saturated rings. The van der Waals surface area contributed by atoms with E-state index in [1.54, 1.807) is 13.0 Å². The molecule has 43 heavy (non-hydrogen) atoms. The van der Waals surface area contributed by atoms with Gasteiger partial charge in [-0.1, -0.05) is 90.4 Å². The van der Waals surface area contributed by atoms with Crippen molar-refractivity contribution in [1.82, 2.24) is 0 Å². The summed E-state index contributed by atoms with van der Waals surface area (Å²) in [4.78, 5) is 11.7. The molecule has 8 heteroatoms. The number of aliphatic hydroxyl groups is 5. The summed E-state index contributed by atoms with van der Waals surface area (Å²) in [5.74, 6) is -0.422. The zero-order valence-corrected chi connectivity index (χ0v) is 27.2. The average molecular weight is 613 g/mol. The molecule has 2 aliphatic rings. The minimum absolute atomic E-state index is 0.0987. The summed E-state index contributed by atoms with van der Waals surface area (Å²) >= 11 is 0. The monoisotopic (exact) mass is 612 g/mol. The summed E-state index contributed by atoms with van der Waals surface area (Å²) < 4.78 is 11.1. The number of cyclic esters (lactones) is 1. The van der Waals surface area contributed by atoms with E-state index in [9.17, 15) is 30.3 Å². The van der Waals surface area contributed by atoms with E-state index in [1.165, 1.54) is 51.4 Å². The maximum atomic E-state index is 11.7. The van der Waals surface area contributed by atoms with Crippen molar-refractivity contribution in [2.24, 2.45) is 0 Å². The standard InChI is InChI=1S/C35H64O8/c1-3-4-5-6-7-8-9-10-11-14-20-30(38)33-22-23-34(43-33)31(39)21-16-18-28(36)17-13-12-15-19-29(37)32(40)25-27-24-26(2)42-35(27)41/h24,26,28-34,36-40H,3-23,25H2,1-2H3/t26-,28-,29+,30-,31+,32+,33-,34-/m1/s1. The van der Waals surface area contributed by atoms with Crippen molar-refractivity contribution in [3.8, 4) is 0 Å². The van der Waals surface area contributed by atoms with Crippen LogP contribution in [0, 0.1) is 0 Å². The van der Waals surface area contributed by atoms with E-state index in [4.69, 9.17) is 9.47 Å². The van der Waals surface area contributed by atoms with Crippen LogP contribution in [0.15, 0.2) is 11.6 Å². The van der Waals surface area contributed by atoms with Crippen molar-refractivity contribution in [2.45, 2.75) is 204 Å². The first-order valence-corrected chi connectivity index (χ1v) is 17.7. The number of esters is 1. The van der Waals surface area contributed by atoms with Gasteiger partial charge in [0.15, 0.2) is 0 Å². The van der Waals surface area contributed by atoms with E-state index in [1.807, 2.05) is 0 Å². The Morgan fingerprint density at radius 1 is 0.674 bits per heavy atom. The number of hydrogen-bond acceptors (Lipinski definition) is 8. The van der Waals surface area contributed by atoms with E-state index in [0.717, 1.165) is 57.8 Å². The maximum absolute atomic E-state index is 11.7. The summed E-state index contributed by atoms with van der Waals surface area (Å²) in [6.07, 6.45) is 18.3. The van der Waals surface area contributed by atoms with E-state index in [2.05, 4.69) is 6.92 Å². The Morgan fingerprint density at radius 3 is 1.74 bits per heavy atom. The molecule has 2 rings (SSSR count). The SMILES string of the molecule is CCCCCCCCCCCC[C@@H](O)[C@H]1CC[C@H]([C@@H](O)CCC[C@H](O)CCCCC[C@H](O)[C@@H](O)CC2=C[C@@H](C)OC2=O)O1. The van der Waals surface area contributed by atoms with Crippen LogP contribution in [0.25, 0.3) is 0 Å². The molecule has 252 valence electrons. The third-order valence-electron chi connectivity index (χ3n) is 9.24. The summed E-state index contributed by atoms with van der Waals surface area (Å²) in [6.45, 7) is 4.01. The first kappa shape index (κ1) is 38.2. The Hall–Kier alpha value is -1.03. The summed E-state index contributed by atoms with van der Waals surface area (Å²) in [5.41, 5.74) is 0.420. The number of hydrogen-bond donors (Lipinski definition) is 5. The number of aliphatic hydroxyl groups excluding tert-OH is 5. The molecule has 0 amide bonds. The van der Waals surface area contributed by atoms with Crippen LogP contribution in [-0.2, 0) is 14.3 Å². The first-order valence-electron chi connectivity index (χ1n) is 17.7. The second-order valence-corrected chi connectivity index (χ2v) is 13.3. The Balaban J connectivity index is 1.44. The lowest BCUT2D eigenvalue weighted by Gasteiger charge is -2.22. The quantitative estimate of drug-likeness (QED) is 0.0590. The van der Waals surface area contributed by atoms with E-state index < -0.39 is 36.5 Å². The van der Waals surface area contributed by atoms with Crippen molar-refractivity contribution in [3.05, 3.63) is 11.6 Å². The van der Waals surface area contributed by atoms with Crippen LogP contribution in [0.4, 0.5) is 0 Å². The van der Waals surface area contributed by atoms with Crippen LogP contribution in [0.2, 0.25) is 0 Å². The van der Waals surface area contributed by atoms with E-state index >= 15 is 0 Å². The van der Waals surface area contributed by atoms with Gasteiger partial charge in [-0.25, -0.2) is 4.79 Å². The van der Waals surface area contributed by atoms with Gasteiger partial charge in [-0.2, -0.15) is 0 Å². The van der Waals surface area contributed by atoms with E-state index in [-0.39, 0.29) is 24.7 Å². The van der Waals surface area contributed by atoms with Gasteiger partial charge in [0.05, 0.1) is 42.7 Å². The molecular formula is C35H64O8. The summed E-state index contributed by atoms with van der Waals surface area (Å²) in [6, 6.07) is 0. The fraction of sp³-hybridized carbons (Fsp3) is 0.914. The van der Waals surface area contributed by atoms with Gasteiger partial charge in [0.25, 0.3) is 0 Å². The highest BCUT2D eigenvalue weighted by Gasteiger charge is 2.34. The molecule has 0 spiro atoms. The topological polar surface area (TPSA) is 137 Å². The zero-order chi connectivity index (χ0) is 31.5. The predicted octanol–water partition coefficient (Wildman–Crippen LogP) is 6.03. The molecular weight excluding hydrogens is 548 g/mol. The zero-order valence-electron chi connectivity index (χ0n) is 27.2. The lowest BCUT2D eigenvalue weighted by molar-refractivity contribution is -0.139. The molecule has 0 saturated carbocycles. The number of ether oxygens (including phenoxy) is 2. The minimum Gasteiger partial charge on any atom is -0.455 e. The average Bonchev–Trinajstić information content (AvgIpc) is 3.59. The van der Waals surface area contributed by atoms with Crippen molar-refractivity contribution in [3.63, 3.8) is 0 Å². The molecule has 2 heterocycles. The fourth-order valence-electron chi connectivity index (χ4n) is 6.42. The molecule has 0 radical (unpaired) electrons. The molecule has 0 aliphatic carbocycles. The van der Waals surface area contributed by atoms with Gasteiger partial charge in [0, 0.05) is 12.0 Å². The molecule has 5 N–H and O–H groups in total. The molecule has 0 unspecified atom stereocenters. The summed E-state index contributed by atoms with van der Waals surface area (Å²) in [7, 11) is 0. The smallest absolute Gasteiger partial charge is 0.334 e. The Morgan fingerprint density at radius 2 is 1.16 bits per heavy atom. The van der Waals surface area contributed by atoms with Gasteiger partial charge >= 0.3 is 5.97 Å². The van der Waals surface area contributed by atoms with Gasteiger partial charge < -0.3 is 35.0 Å². The Labute approximate surface area is 261 Å². The Bertz CT molecular complexity index is 758. The van der Waals surface area contributed by atoms with Gasteiger partial charge in [-0.05, 0) is 64.4 Å². The second kappa shape index (κ2) is 22.5. The molecule has 0 aromatic rings. The molecule has 0 aromatic heterocycles. The first-order chi connectivity index (χ1) is 20.7. The van der Waals surface area contributed by atoms with Gasteiger partial charge in [-0.15, -0.1) is 0 Å². The van der Waals surface area contributed by atoms with Crippen LogP contribution >= 0.6 is 0 Å². The van der Waals surface area contributed by atoms with Crippen molar-refractivity contribution in [2.75, 3.05) is 0 Å². The molecule has 8 nitrogen and oxygen atoms in total. The van der Waals surface area contributed by atoms with Crippen molar-refractivity contribution in [1.29, 1.82) is 0 Å². The number of unbranched alkanes of at least 4 members (excludes halogenated alkanes) is 11. The number of carbonyl (C=O) groups is 1. The third-order valence-corrected chi connectivity index (χ3v) is 9.24. The summed E-state index contributed by atoms with van der Waals surface area (Å²) in [5, 5.41) is 52.0. The van der Waals surface area contributed by atoms with Gasteiger partial charge in [0.2, 0.25) is 0 Å². The second-order valence-electron chi connectivity index (χ2n) is 13.3. The van der Waals surface area contributed by atoms with Gasteiger partial charge in [0.1, 0.15) is 6.10 Å². The van der Waals surface area contributed by atoms with Crippen LogP contribution in [0.3, 0.4) is 0 Å². The lowest BCUT2D eigenvalue weighted by atomic mass is 9.98. The molecule has 1 saturated heterocycles. The molecule has 8 atom stereocenters. The predicted molar refractivity (Wildman–Crippen MR) is 170 cm³/mol. The molecule has 0 bridgehead atoms. The normalized spacial score (nSPS) is 24.0.